The lowest BCUT2D eigenvalue weighted by atomic mass is 10.2. The van der Waals surface area contributed by atoms with Crippen LogP contribution in [0.1, 0.15) is 42.4 Å². The van der Waals surface area contributed by atoms with Crippen LogP contribution >= 0.6 is 0 Å². The van der Waals surface area contributed by atoms with Crippen molar-refractivity contribution in [3.8, 4) is 0 Å². The number of nitrogens with zero attached hydrogens (tertiary/aromatic N) is 2. The molecule has 0 aliphatic heterocycles. The molecule has 0 fully saturated rings. The van der Waals surface area contributed by atoms with Gasteiger partial charge in [0.1, 0.15) is 6.61 Å². The fourth-order valence-corrected chi connectivity index (χ4v) is 1.78. The van der Waals surface area contributed by atoms with Gasteiger partial charge in [0.25, 0.3) is 0 Å². The molecule has 0 radical (unpaired) electrons. The molecule has 2 aromatic rings. The van der Waals surface area contributed by atoms with Gasteiger partial charge in [-0.05, 0) is 37.6 Å². The third kappa shape index (κ3) is 3.38. The normalized spacial score (nSPS) is 12.1. The average molecular weight is 273 g/mol. The highest BCUT2D eigenvalue weighted by atomic mass is 16.5. The summed E-state index contributed by atoms with van der Waals surface area (Å²) < 4.78 is 7.10. The van der Waals surface area contributed by atoms with Gasteiger partial charge in [0.05, 0.1) is 11.3 Å². The van der Waals surface area contributed by atoms with Gasteiger partial charge in [-0.2, -0.15) is 5.10 Å². The van der Waals surface area contributed by atoms with Crippen LogP contribution < -0.4 is 5.73 Å². The average Bonchev–Trinajstić information content (AvgIpc) is 2.92. The van der Waals surface area contributed by atoms with Gasteiger partial charge in [0.2, 0.25) is 0 Å². The highest BCUT2D eigenvalue weighted by molar-refractivity contribution is 5.90. The first-order chi connectivity index (χ1) is 9.60. The number of aromatic nitrogens is 2. The lowest BCUT2D eigenvalue weighted by Gasteiger charge is -2.08. The second-order valence-corrected chi connectivity index (χ2v) is 4.75. The number of ether oxygens (including phenoxy) is 1. The Morgan fingerprint density at radius 1 is 1.45 bits per heavy atom. The van der Waals surface area contributed by atoms with Gasteiger partial charge in [-0.25, -0.2) is 4.79 Å². The minimum absolute atomic E-state index is 0.164. The molecule has 1 heterocycles. The van der Waals surface area contributed by atoms with Crippen molar-refractivity contribution in [3.05, 3.63) is 47.8 Å². The SMILES string of the molecule is CCC(C)n1ccc(COC(=O)c2cccc(N)c2)n1. The maximum atomic E-state index is 11.9. The molecule has 5 heteroatoms. The molecule has 0 amide bonds. The third-order valence-electron chi connectivity index (χ3n) is 3.18. The van der Waals surface area contributed by atoms with Crippen LogP contribution in [0, 0.1) is 0 Å². The standard InChI is InChI=1S/C15H19N3O2/c1-3-11(2)18-8-7-14(17-18)10-20-15(19)12-5-4-6-13(16)9-12/h4-9,11H,3,10,16H2,1-2H3. The second-order valence-electron chi connectivity index (χ2n) is 4.75. The van der Waals surface area contributed by atoms with E-state index in [2.05, 4.69) is 18.9 Å². The van der Waals surface area contributed by atoms with Crippen molar-refractivity contribution in [2.24, 2.45) is 0 Å². The molecule has 0 saturated carbocycles. The van der Waals surface area contributed by atoms with Gasteiger partial charge >= 0.3 is 5.97 Å². The summed E-state index contributed by atoms with van der Waals surface area (Å²) in [6.07, 6.45) is 2.90. The molecule has 2 rings (SSSR count). The number of nitrogen functional groups attached to an aromatic ring is 1. The van der Waals surface area contributed by atoms with Gasteiger partial charge in [-0.1, -0.05) is 13.0 Å². The highest BCUT2D eigenvalue weighted by Crippen LogP contribution is 2.11. The zero-order chi connectivity index (χ0) is 14.5. The largest absolute Gasteiger partial charge is 0.456 e. The van der Waals surface area contributed by atoms with Crippen LogP contribution in [0.4, 0.5) is 5.69 Å². The molecule has 1 unspecified atom stereocenters. The lowest BCUT2D eigenvalue weighted by Crippen LogP contribution is -2.08. The number of esters is 1. The first-order valence-electron chi connectivity index (χ1n) is 6.67. The van der Waals surface area contributed by atoms with E-state index in [1.54, 1.807) is 24.3 Å². The molecule has 5 nitrogen and oxygen atoms in total. The summed E-state index contributed by atoms with van der Waals surface area (Å²) in [5, 5.41) is 4.38. The van der Waals surface area contributed by atoms with Crippen LogP contribution in [-0.2, 0) is 11.3 Å². The molecule has 0 aliphatic carbocycles. The van der Waals surface area contributed by atoms with Crippen LogP contribution in [0.25, 0.3) is 0 Å². The molecule has 106 valence electrons. The molecule has 0 saturated heterocycles. The molecule has 0 aliphatic rings. The zero-order valence-electron chi connectivity index (χ0n) is 11.7. The molecule has 2 N–H and O–H groups in total. The fraction of sp³-hybridized carbons (Fsp3) is 0.333. The maximum absolute atomic E-state index is 11.9. The van der Waals surface area contributed by atoms with E-state index in [4.69, 9.17) is 10.5 Å². The molecule has 0 bridgehead atoms. The number of carbonyl (C=O) groups excluding carboxylic acids is 1. The molecular weight excluding hydrogens is 254 g/mol. The fourth-order valence-electron chi connectivity index (χ4n) is 1.78. The summed E-state index contributed by atoms with van der Waals surface area (Å²) in [5.74, 6) is -0.393. The Kier molecular flexibility index (Phi) is 4.40. The van der Waals surface area contributed by atoms with E-state index in [1.807, 2.05) is 16.9 Å². The van der Waals surface area contributed by atoms with E-state index in [0.29, 0.717) is 17.3 Å². The van der Waals surface area contributed by atoms with Crippen molar-refractivity contribution in [2.45, 2.75) is 32.9 Å². The van der Waals surface area contributed by atoms with Crippen LogP contribution in [-0.4, -0.2) is 15.7 Å². The quantitative estimate of drug-likeness (QED) is 0.671. The summed E-state index contributed by atoms with van der Waals surface area (Å²) in [6.45, 7) is 4.36. The van der Waals surface area contributed by atoms with E-state index in [9.17, 15) is 4.79 Å². The minimum Gasteiger partial charge on any atom is -0.456 e. The Bertz CT molecular complexity index is 592. The van der Waals surface area contributed by atoms with E-state index in [-0.39, 0.29) is 6.61 Å². The number of hydrogen-bond donors (Lipinski definition) is 1. The monoisotopic (exact) mass is 273 g/mol. The third-order valence-corrected chi connectivity index (χ3v) is 3.18. The van der Waals surface area contributed by atoms with Crippen LogP contribution in [0.3, 0.4) is 0 Å². The molecular formula is C15H19N3O2. The molecule has 0 spiro atoms. The van der Waals surface area contributed by atoms with E-state index >= 15 is 0 Å². The maximum Gasteiger partial charge on any atom is 0.338 e. The van der Waals surface area contributed by atoms with Crippen molar-refractivity contribution < 1.29 is 9.53 Å². The summed E-state index contributed by atoms with van der Waals surface area (Å²) >= 11 is 0. The van der Waals surface area contributed by atoms with E-state index in [1.165, 1.54) is 0 Å². The van der Waals surface area contributed by atoms with Crippen molar-refractivity contribution in [1.82, 2.24) is 9.78 Å². The predicted octanol–water partition coefficient (Wildman–Crippen LogP) is 2.79. The smallest absolute Gasteiger partial charge is 0.338 e. The lowest BCUT2D eigenvalue weighted by molar-refractivity contribution is 0.0467. The second kappa shape index (κ2) is 6.23. The van der Waals surface area contributed by atoms with Gasteiger partial charge in [-0.3, -0.25) is 4.68 Å². The van der Waals surface area contributed by atoms with Gasteiger partial charge < -0.3 is 10.5 Å². The Morgan fingerprint density at radius 3 is 2.95 bits per heavy atom. The zero-order valence-corrected chi connectivity index (χ0v) is 11.7. The summed E-state index contributed by atoms with van der Waals surface area (Å²) in [6, 6.07) is 8.93. The van der Waals surface area contributed by atoms with Crippen LogP contribution in [0.15, 0.2) is 36.5 Å². The predicted molar refractivity (Wildman–Crippen MR) is 77.2 cm³/mol. The Morgan fingerprint density at radius 2 is 2.25 bits per heavy atom. The van der Waals surface area contributed by atoms with Crippen LogP contribution in [0.5, 0.6) is 0 Å². The van der Waals surface area contributed by atoms with E-state index < -0.39 is 5.97 Å². The summed E-state index contributed by atoms with van der Waals surface area (Å²) in [4.78, 5) is 11.9. The number of carbonyl (C=O) groups is 1. The summed E-state index contributed by atoms with van der Waals surface area (Å²) in [5.41, 5.74) is 7.36. The number of rotatable bonds is 5. The molecule has 1 atom stereocenters. The van der Waals surface area contributed by atoms with E-state index in [0.717, 1.165) is 12.1 Å². The number of anilines is 1. The van der Waals surface area contributed by atoms with Gasteiger partial charge in [0.15, 0.2) is 0 Å². The topological polar surface area (TPSA) is 70.1 Å². The molecule has 1 aromatic carbocycles. The van der Waals surface area contributed by atoms with Crippen molar-refractivity contribution >= 4 is 11.7 Å². The number of benzene rings is 1. The molecule has 1 aromatic heterocycles. The van der Waals surface area contributed by atoms with Crippen molar-refractivity contribution in [2.75, 3.05) is 5.73 Å². The Balaban J connectivity index is 1.95. The molecule has 20 heavy (non-hydrogen) atoms. The minimum atomic E-state index is -0.393. The van der Waals surface area contributed by atoms with Gasteiger partial charge in [-0.15, -0.1) is 0 Å². The van der Waals surface area contributed by atoms with Crippen molar-refractivity contribution in [1.29, 1.82) is 0 Å². The Labute approximate surface area is 118 Å². The Hall–Kier alpha value is -2.30. The highest BCUT2D eigenvalue weighted by Gasteiger charge is 2.09. The first-order valence-corrected chi connectivity index (χ1v) is 6.67. The first kappa shape index (κ1) is 14.1. The van der Waals surface area contributed by atoms with Gasteiger partial charge in [0, 0.05) is 17.9 Å². The number of hydrogen-bond acceptors (Lipinski definition) is 4. The number of nitrogens with two attached hydrogens (primary N) is 1. The van der Waals surface area contributed by atoms with Crippen LogP contribution in [0.2, 0.25) is 0 Å². The summed E-state index contributed by atoms with van der Waals surface area (Å²) in [7, 11) is 0. The van der Waals surface area contributed by atoms with Crippen molar-refractivity contribution in [3.63, 3.8) is 0 Å².